The van der Waals surface area contributed by atoms with Crippen molar-refractivity contribution in [2.24, 2.45) is 0 Å². The van der Waals surface area contributed by atoms with Crippen LogP contribution in [0.4, 0.5) is 5.69 Å². The molecule has 1 atom stereocenters. The lowest BCUT2D eigenvalue weighted by molar-refractivity contribution is 0.0697. The third-order valence-electron chi connectivity index (χ3n) is 2.82. The topological polar surface area (TPSA) is 40.5 Å². The number of hydrogen-bond donors (Lipinski definition) is 1. The number of rotatable bonds is 2. The fraction of sp³-hybridized carbons (Fsp3) is 0.364. The Morgan fingerprint density at radius 1 is 1.60 bits per heavy atom. The molecule has 1 unspecified atom stereocenters. The van der Waals surface area contributed by atoms with Crippen molar-refractivity contribution in [1.29, 1.82) is 0 Å². The van der Waals surface area contributed by atoms with Crippen molar-refractivity contribution in [3.63, 3.8) is 0 Å². The Labute approximate surface area is 96.8 Å². The molecule has 0 amide bonds. The molecule has 1 heterocycles. The lowest BCUT2D eigenvalue weighted by Gasteiger charge is -2.41. The molecule has 0 spiro atoms. The van der Waals surface area contributed by atoms with Crippen molar-refractivity contribution in [1.82, 2.24) is 0 Å². The molecule has 1 aliphatic rings. The van der Waals surface area contributed by atoms with Gasteiger partial charge in [0.15, 0.2) is 0 Å². The van der Waals surface area contributed by atoms with E-state index in [-0.39, 0.29) is 0 Å². The Balaban J connectivity index is 2.41. The van der Waals surface area contributed by atoms with E-state index >= 15 is 0 Å². The second-order valence-corrected chi connectivity index (χ2v) is 4.71. The van der Waals surface area contributed by atoms with Gasteiger partial charge in [-0.3, -0.25) is 0 Å². The highest BCUT2D eigenvalue weighted by molar-refractivity contribution is 9.10. The first-order valence-electron chi connectivity index (χ1n) is 4.89. The summed E-state index contributed by atoms with van der Waals surface area (Å²) in [5.41, 5.74) is 1.19. The Morgan fingerprint density at radius 3 is 2.80 bits per heavy atom. The van der Waals surface area contributed by atoms with E-state index in [9.17, 15) is 4.79 Å². The van der Waals surface area contributed by atoms with Crippen molar-refractivity contribution in [3.05, 3.63) is 28.2 Å². The molecule has 1 aliphatic heterocycles. The average Bonchev–Trinajstić information content (AvgIpc) is 2.18. The first kappa shape index (κ1) is 10.5. The molecule has 15 heavy (non-hydrogen) atoms. The van der Waals surface area contributed by atoms with Gasteiger partial charge in [0, 0.05) is 17.1 Å². The maximum Gasteiger partial charge on any atom is 0.337 e. The minimum atomic E-state index is -0.870. The predicted molar refractivity (Wildman–Crippen MR) is 62.5 cm³/mol. The van der Waals surface area contributed by atoms with Gasteiger partial charge in [0.2, 0.25) is 0 Å². The van der Waals surface area contributed by atoms with Crippen LogP contribution in [0.5, 0.6) is 0 Å². The molecule has 1 aromatic rings. The van der Waals surface area contributed by atoms with Crippen molar-refractivity contribution >= 4 is 27.6 Å². The van der Waals surface area contributed by atoms with Crippen LogP contribution in [0.3, 0.4) is 0 Å². The number of halogens is 1. The van der Waals surface area contributed by atoms with E-state index in [1.807, 2.05) is 12.1 Å². The molecule has 0 aliphatic carbocycles. The molecule has 1 N–H and O–H groups in total. The summed E-state index contributed by atoms with van der Waals surface area (Å²) in [4.78, 5) is 13.2. The summed E-state index contributed by atoms with van der Waals surface area (Å²) in [6.45, 7) is 3.06. The van der Waals surface area contributed by atoms with Gasteiger partial charge < -0.3 is 10.0 Å². The van der Waals surface area contributed by atoms with Crippen LogP contribution in [0, 0.1) is 0 Å². The van der Waals surface area contributed by atoms with Crippen LogP contribution in [0.15, 0.2) is 22.7 Å². The minimum absolute atomic E-state index is 0.371. The SMILES string of the molecule is CC1CCN1c1ccc(Br)cc1C(=O)O. The van der Waals surface area contributed by atoms with Gasteiger partial charge in [0.25, 0.3) is 0 Å². The van der Waals surface area contributed by atoms with E-state index in [2.05, 4.69) is 27.8 Å². The third kappa shape index (κ3) is 1.86. The van der Waals surface area contributed by atoms with Gasteiger partial charge in [-0.15, -0.1) is 0 Å². The number of anilines is 1. The summed E-state index contributed by atoms with van der Waals surface area (Å²) in [7, 11) is 0. The highest BCUT2D eigenvalue weighted by atomic mass is 79.9. The summed E-state index contributed by atoms with van der Waals surface area (Å²) in [5.74, 6) is -0.870. The van der Waals surface area contributed by atoms with E-state index in [0.29, 0.717) is 11.6 Å². The highest BCUT2D eigenvalue weighted by Crippen LogP contribution is 2.31. The van der Waals surface area contributed by atoms with Crippen molar-refractivity contribution in [3.8, 4) is 0 Å². The van der Waals surface area contributed by atoms with Crippen LogP contribution in [-0.2, 0) is 0 Å². The van der Waals surface area contributed by atoms with E-state index in [4.69, 9.17) is 5.11 Å². The number of carbonyl (C=O) groups is 1. The van der Waals surface area contributed by atoms with Crippen LogP contribution in [0.2, 0.25) is 0 Å². The first-order valence-corrected chi connectivity index (χ1v) is 5.68. The number of nitrogens with zero attached hydrogens (tertiary/aromatic N) is 1. The summed E-state index contributed by atoms with van der Waals surface area (Å²) in [6.07, 6.45) is 1.13. The van der Waals surface area contributed by atoms with E-state index in [1.165, 1.54) is 0 Å². The summed E-state index contributed by atoms with van der Waals surface area (Å²) in [5, 5.41) is 9.10. The van der Waals surface area contributed by atoms with Crippen molar-refractivity contribution in [2.75, 3.05) is 11.4 Å². The number of benzene rings is 1. The second-order valence-electron chi connectivity index (χ2n) is 3.80. The zero-order chi connectivity index (χ0) is 11.0. The molecule has 0 saturated carbocycles. The van der Waals surface area contributed by atoms with Gasteiger partial charge in [-0.05, 0) is 31.5 Å². The van der Waals surface area contributed by atoms with Crippen LogP contribution in [-0.4, -0.2) is 23.7 Å². The van der Waals surface area contributed by atoms with Crippen molar-refractivity contribution in [2.45, 2.75) is 19.4 Å². The standard InChI is InChI=1S/C11H12BrNO2/c1-7-4-5-13(7)10-3-2-8(12)6-9(10)11(14)15/h2-3,6-7H,4-5H2,1H3,(H,14,15). The molecule has 0 radical (unpaired) electrons. The molecule has 0 bridgehead atoms. The molecule has 1 saturated heterocycles. The Kier molecular flexibility index (Phi) is 2.69. The van der Waals surface area contributed by atoms with Gasteiger partial charge in [0.05, 0.1) is 11.3 Å². The van der Waals surface area contributed by atoms with Crippen LogP contribution < -0.4 is 4.90 Å². The van der Waals surface area contributed by atoms with Crippen LogP contribution >= 0.6 is 15.9 Å². The van der Waals surface area contributed by atoms with E-state index in [0.717, 1.165) is 23.1 Å². The number of carboxylic acids is 1. The predicted octanol–water partition coefficient (Wildman–Crippen LogP) is 2.75. The summed E-state index contributed by atoms with van der Waals surface area (Å²) < 4.78 is 0.803. The van der Waals surface area contributed by atoms with Crippen molar-refractivity contribution < 1.29 is 9.90 Å². The smallest absolute Gasteiger partial charge is 0.337 e. The first-order chi connectivity index (χ1) is 7.09. The number of carboxylic acid groups (broad SMARTS) is 1. The molecule has 0 aromatic heterocycles. The summed E-state index contributed by atoms with van der Waals surface area (Å²) >= 11 is 3.29. The molecular weight excluding hydrogens is 258 g/mol. The van der Waals surface area contributed by atoms with Crippen LogP contribution in [0.1, 0.15) is 23.7 Å². The van der Waals surface area contributed by atoms with E-state index in [1.54, 1.807) is 6.07 Å². The fourth-order valence-corrected chi connectivity index (χ4v) is 2.17. The minimum Gasteiger partial charge on any atom is -0.478 e. The van der Waals surface area contributed by atoms with Gasteiger partial charge in [-0.1, -0.05) is 15.9 Å². The molecule has 1 fully saturated rings. The Morgan fingerprint density at radius 2 is 2.33 bits per heavy atom. The maximum absolute atomic E-state index is 11.1. The lowest BCUT2D eigenvalue weighted by atomic mass is 10.0. The fourth-order valence-electron chi connectivity index (χ4n) is 1.80. The Hall–Kier alpha value is -1.03. The third-order valence-corrected chi connectivity index (χ3v) is 3.31. The Bertz CT molecular complexity index is 406. The molecular formula is C11H12BrNO2. The zero-order valence-corrected chi connectivity index (χ0v) is 9.99. The van der Waals surface area contributed by atoms with E-state index < -0.39 is 5.97 Å². The largest absolute Gasteiger partial charge is 0.478 e. The average molecular weight is 270 g/mol. The number of aromatic carboxylic acids is 1. The van der Waals surface area contributed by atoms with Gasteiger partial charge in [-0.2, -0.15) is 0 Å². The zero-order valence-electron chi connectivity index (χ0n) is 8.40. The molecule has 4 heteroatoms. The highest BCUT2D eigenvalue weighted by Gasteiger charge is 2.27. The molecule has 80 valence electrons. The number of hydrogen-bond acceptors (Lipinski definition) is 2. The van der Waals surface area contributed by atoms with Gasteiger partial charge in [-0.25, -0.2) is 4.79 Å². The van der Waals surface area contributed by atoms with Gasteiger partial charge in [0.1, 0.15) is 0 Å². The monoisotopic (exact) mass is 269 g/mol. The van der Waals surface area contributed by atoms with Gasteiger partial charge >= 0.3 is 5.97 Å². The summed E-state index contributed by atoms with van der Waals surface area (Å²) in [6, 6.07) is 5.85. The lowest BCUT2D eigenvalue weighted by Crippen LogP contribution is -2.46. The maximum atomic E-state index is 11.1. The molecule has 3 nitrogen and oxygen atoms in total. The normalized spacial score (nSPS) is 19.9. The van der Waals surface area contributed by atoms with Crippen LogP contribution in [0.25, 0.3) is 0 Å². The second kappa shape index (κ2) is 3.85. The molecule has 1 aromatic carbocycles. The molecule has 2 rings (SSSR count). The quantitative estimate of drug-likeness (QED) is 0.898.